The summed E-state index contributed by atoms with van der Waals surface area (Å²) in [5.74, 6) is 0. The van der Waals surface area contributed by atoms with Gasteiger partial charge in [-0.15, -0.1) is 0 Å². The summed E-state index contributed by atoms with van der Waals surface area (Å²) >= 11 is 0. The van der Waals surface area contributed by atoms with Crippen molar-refractivity contribution >= 4 is 21.5 Å². The topological polar surface area (TPSA) is 24.1 Å². The lowest BCUT2D eigenvalue weighted by Gasteiger charge is -2.23. The zero-order chi connectivity index (χ0) is 32.8. The second-order valence-corrected chi connectivity index (χ2v) is 13.7. The molecule has 0 radical (unpaired) electrons. The molecule has 2 aliphatic carbocycles. The van der Waals surface area contributed by atoms with Crippen LogP contribution < -0.4 is 10.6 Å². The molecule has 0 aromatic heterocycles. The second kappa shape index (κ2) is 10.6. The molecule has 0 saturated heterocycles. The Bertz CT molecular complexity index is 2540. The third-order valence-electron chi connectivity index (χ3n) is 11.0. The van der Waals surface area contributed by atoms with E-state index in [0.29, 0.717) is 0 Å². The molecule has 1 heterocycles. The van der Waals surface area contributed by atoms with Crippen LogP contribution in [0, 0.1) is 0 Å². The van der Waals surface area contributed by atoms with E-state index in [4.69, 9.17) is 0 Å². The zero-order valence-corrected chi connectivity index (χ0v) is 27.4. The monoisotopic (exact) mass is 636 g/mol. The molecular formula is C48H32N2. The Balaban J connectivity index is 1.15. The van der Waals surface area contributed by atoms with Gasteiger partial charge in [-0.1, -0.05) is 133 Å². The first-order valence-electron chi connectivity index (χ1n) is 17.5. The van der Waals surface area contributed by atoms with E-state index in [1.165, 1.54) is 105 Å². The number of hydrogen-bond acceptors (Lipinski definition) is 2. The Morgan fingerprint density at radius 3 is 1.40 bits per heavy atom. The fourth-order valence-corrected chi connectivity index (χ4v) is 8.81. The highest BCUT2D eigenvalue weighted by atomic mass is 15.1. The molecule has 0 bridgehead atoms. The summed E-state index contributed by atoms with van der Waals surface area (Å²) in [7, 11) is 0. The molecule has 0 saturated carbocycles. The van der Waals surface area contributed by atoms with Crippen molar-refractivity contribution in [3.63, 3.8) is 0 Å². The maximum Gasteiger partial charge on any atom is 0.103 e. The van der Waals surface area contributed by atoms with Crippen molar-refractivity contribution in [2.24, 2.45) is 0 Å². The predicted octanol–water partition coefficient (Wildman–Crippen LogP) is 12.0. The molecule has 1 aliphatic heterocycles. The van der Waals surface area contributed by atoms with Crippen LogP contribution in [0.15, 0.2) is 164 Å². The molecule has 0 spiro atoms. The summed E-state index contributed by atoms with van der Waals surface area (Å²) in [4.78, 5) is 0. The molecule has 3 aliphatic rings. The average Bonchev–Trinajstić information content (AvgIpc) is 3.70. The number of nitrogens with one attached hydrogen (secondary N) is 2. The van der Waals surface area contributed by atoms with Crippen molar-refractivity contribution in [1.29, 1.82) is 0 Å². The summed E-state index contributed by atoms with van der Waals surface area (Å²) < 4.78 is 0. The predicted molar refractivity (Wildman–Crippen MR) is 210 cm³/mol. The van der Waals surface area contributed by atoms with Gasteiger partial charge in [0.15, 0.2) is 0 Å². The molecule has 0 amide bonds. The van der Waals surface area contributed by atoms with Crippen molar-refractivity contribution in [1.82, 2.24) is 10.6 Å². The van der Waals surface area contributed by atoms with Gasteiger partial charge >= 0.3 is 0 Å². The number of fused-ring (bicyclic) bond motifs is 6. The van der Waals surface area contributed by atoms with Gasteiger partial charge in [0.05, 0.1) is 0 Å². The molecule has 2 nitrogen and oxygen atoms in total. The smallest absolute Gasteiger partial charge is 0.103 e. The number of benzene rings is 8. The molecule has 1 atom stereocenters. The van der Waals surface area contributed by atoms with Gasteiger partial charge in [0.1, 0.15) is 6.17 Å². The molecule has 2 heteroatoms. The average molecular weight is 637 g/mol. The highest BCUT2D eigenvalue weighted by Gasteiger charge is 2.25. The van der Waals surface area contributed by atoms with Crippen molar-refractivity contribution in [2.75, 3.05) is 6.54 Å². The second-order valence-electron chi connectivity index (χ2n) is 13.7. The SMILES string of the molecule is C1=CNC(c2cccc(-c3cc(-c4ccc5c6c(cccc46)-c4ccccc4-5)cc(-c4ccc5c6c(cccc46)-c4ccccc4-5)c3)c2)NC1. The highest BCUT2D eigenvalue weighted by Crippen LogP contribution is 2.51. The standard InChI is InChI=1S/C48H32N2/c1-3-13-38-36(11-1)42-17-6-15-40-34(19-21-44(38)46(40)42)32-26-31(29-9-5-10-30(25-29)48-49-23-8-24-50-48)27-33(28-32)35-20-22-45-39-14-4-2-12-37(39)43-18-7-16-41(35)47(43)45/h1-23,25-28,48-50H,24H2. The minimum Gasteiger partial charge on any atom is -0.372 e. The molecule has 8 aromatic carbocycles. The third-order valence-corrected chi connectivity index (χ3v) is 11.0. The molecule has 2 N–H and O–H groups in total. The Morgan fingerprint density at radius 1 is 0.380 bits per heavy atom. The van der Waals surface area contributed by atoms with Crippen molar-refractivity contribution in [3.05, 3.63) is 169 Å². The number of hydrogen-bond donors (Lipinski definition) is 2. The Hall–Kier alpha value is -6.22. The normalized spacial score (nSPS) is 14.9. The molecule has 1 unspecified atom stereocenters. The van der Waals surface area contributed by atoms with Crippen LogP contribution in [0.3, 0.4) is 0 Å². The fraction of sp³-hybridized carbons (Fsp3) is 0.0417. The van der Waals surface area contributed by atoms with Crippen LogP contribution in [0.1, 0.15) is 11.7 Å². The molecular weight excluding hydrogens is 605 g/mol. The summed E-state index contributed by atoms with van der Waals surface area (Å²) in [5, 5.41) is 12.4. The number of rotatable bonds is 4. The van der Waals surface area contributed by atoms with Gasteiger partial charge in [-0.25, -0.2) is 0 Å². The van der Waals surface area contributed by atoms with Crippen LogP contribution in [0.25, 0.3) is 99.4 Å². The van der Waals surface area contributed by atoms with E-state index in [1.807, 2.05) is 0 Å². The Morgan fingerprint density at radius 2 is 0.860 bits per heavy atom. The lowest BCUT2D eigenvalue weighted by molar-refractivity contribution is 0.498. The summed E-state index contributed by atoms with van der Waals surface area (Å²) in [6.45, 7) is 0.853. The van der Waals surface area contributed by atoms with E-state index >= 15 is 0 Å². The van der Waals surface area contributed by atoms with E-state index in [-0.39, 0.29) is 6.17 Å². The van der Waals surface area contributed by atoms with E-state index in [2.05, 4.69) is 175 Å². The van der Waals surface area contributed by atoms with Crippen LogP contribution in [0.4, 0.5) is 0 Å². The summed E-state index contributed by atoms with van der Waals surface area (Å²) in [5.41, 5.74) is 19.2. The van der Waals surface area contributed by atoms with Gasteiger partial charge in [-0.2, -0.15) is 0 Å². The van der Waals surface area contributed by atoms with Gasteiger partial charge in [0, 0.05) is 6.54 Å². The quantitative estimate of drug-likeness (QED) is 0.201. The van der Waals surface area contributed by atoms with Crippen molar-refractivity contribution < 1.29 is 0 Å². The van der Waals surface area contributed by atoms with Gasteiger partial charge in [0.25, 0.3) is 0 Å². The van der Waals surface area contributed by atoms with Crippen LogP contribution in [0.5, 0.6) is 0 Å². The van der Waals surface area contributed by atoms with Gasteiger partial charge in [-0.3, -0.25) is 5.32 Å². The maximum atomic E-state index is 3.58. The molecule has 234 valence electrons. The van der Waals surface area contributed by atoms with E-state index in [1.54, 1.807) is 0 Å². The van der Waals surface area contributed by atoms with Gasteiger partial charge < -0.3 is 5.32 Å². The largest absolute Gasteiger partial charge is 0.372 e. The van der Waals surface area contributed by atoms with Crippen LogP contribution in [-0.4, -0.2) is 6.54 Å². The first-order chi connectivity index (χ1) is 24.8. The zero-order valence-electron chi connectivity index (χ0n) is 27.4. The third kappa shape index (κ3) is 4.00. The fourth-order valence-electron chi connectivity index (χ4n) is 8.81. The lowest BCUT2D eigenvalue weighted by Crippen LogP contribution is -2.34. The summed E-state index contributed by atoms with van der Waals surface area (Å²) in [6.07, 6.45) is 4.25. The van der Waals surface area contributed by atoms with Crippen LogP contribution >= 0.6 is 0 Å². The first-order valence-corrected chi connectivity index (χ1v) is 17.5. The van der Waals surface area contributed by atoms with E-state index in [9.17, 15) is 0 Å². The molecule has 50 heavy (non-hydrogen) atoms. The van der Waals surface area contributed by atoms with E-state index < -0.39 is 0 Å². The van der Waals surface area contributed by atoms with Gasteiger partial charge in [-0.05, 0) is 135 Å². The maximum absolute atomic E-state index is 3.58. The molecule has 11 rings (SSSR count). The van der Waals surface area contributed by atoms with Crippen molar-refractivity contribution in [3.8, 4) is 77.9 Å². The Kier molecular flexibility index (Phi) is 5.89. The van der Waals surface area contributed by atoms with E-state index in [0.717, 1.165) is 6.54 Å². The van der Waals surface area contributed by atoms with Crippen LogP contribution in [0.2, 0.25) is 0 Å². The lowest BCUT2D eigenvalue weighted by atomic mass is 9.88. The first kappa shape index (κ1) is 27.7. The molecule has 8 aromatic rings. The Labute approximate surface area is 291 Å². The van der Waals surface area contributed by atoms with Crippen LogP contribution in [-0.2, 0) is 0 Å². The minimum absolute atomic E-state index is 0.0823. The summed E-state index contributed by atoms with van der Waals surface area (Å²) in [6, 6.07) is 56.8. The van der Waals surface area contributed by atoms with Crippen molar-refractivity contribution in [2.45, 2.75) is 6.17 Å². The highest BCUT2D eigenvalue weighted by molar-refractivity contribution is 6.20. The van der Waals surface area contributed by atoms with Gasteiger partial charge in [0.2, 0.25) is 0 Å². The minimum atomic E-state index is 0.0823. The molecule has 0 fully saturated rings.